The summed E-state index contributed by atoms with van der Waals surface area (Å²) in [7, 11) is 0. The number of unbranched alkanes of at least 4 members (excludes halogenated alkanes) is 1. The van der Waals surface area contributed by atoms with Gasteiger partial charge in [0.05, 0.1) is 43.5 Å². The van der Waals surface area contributed by atoms with E-state index in [0.29, 0.717) is 6.42 Å². The molecule has 17 heteroatoms. The molecule has 2 bridgehead atoms. The lowest BCUT2D eigenvalue weighted by Gasteiger charge is -2.76. The Morgan fingerprint density at radius 3 is 2.13 bits per heavy atom. The van der Waals surface area contributed by atoms with Gasteiger partial charge >= 0.3 is 12.0 Å². The predicted octanol–water partition coefficient (Wildman–Crippen LogP) is -0.158. The molecule has 0 aromatic rings. The molecule has 0 radical (unpaired) electrons. The molecule has 16 nitrogen and oxygen atoms in total. The fourth-order valence-corrected chi connectivity index (χ4v) is 11.0. The highest BCUT2D eigenvalue weighted by Crippen LogP contribution is 2.65. The molecule has 3 amide bonds. The second-order valence-electron chi connectivity index (χ2n) is 16.9. The summed E-state index contributed by atoms with van der Waals surface area (Å²) in [4.78, 5) is 37.6. The zero-order valence-electron chi connectivity index (χ0n) is 31.8. The Balaban J connectivity index is 1.32. The Bertz CT molecular complexity index is 1420. The van der Waals surface area contributed by atoms with Crippen LogP contribution in [0.15, 0.2) is 0 Å². The van der Waals surface area contributed by atoms with Gasteiger partial charge in [0.1, 0.15) is 46.8 Å². The molecule has 298 valence electrons. The fourth-order valence-electron chi connectivity index (χ4n) is 9.41. The van der Waals surface area contributed by atoms with Crippen LogP contribution in [0, 0.1) is 5.41 Å². The van der Waals surface area contributed by atoms with E-state index in [-0.39, 0.29) is 43.0 Å². The first-order chi connectivity index (χ1) is 23.9. The summed E-state index contributed by atoms with van der Waals surface area (Å²) in [5.74, 6) is -1.95. The maximum absolute atomic E-state index is 13.1. The van der Waals surface area contributed by atoms with Crippen molar-refractivity contribution in [1.29, 1.82) is 0 Å². The largest absolute Gasteiger partial charge is 0.463 e. The predicted molar refractivity (Wildman–Crippen MR) is 187 cm³/mol. The molecule has 13 atom stereocenters. The second-order valence-corrected chi connectivity index (χ2v) is 18.2. The van der Waals surface area contributed by atoms with Crippen LogP contribution in [0.4, 0.5) is 4.79 Å². The molecular formula is C35H59N3O13S. The highest BCUT2D eigenvalue weighted by Gasteiger charge is 2.86. The van der Waals surface area contributed by atoms with E-state index in [1.54, 1.807) is 46.4 Å². The number of rotatable bonds is 14. The van der Waals surface area contributed by atoms with Gasteiger partial charge in [0, 0.05) is 29.8 Å². The van der Waals surface area contributed by atoms with Crippen molar-refractivity contribution in [2.45, 2.75) is 156 Å². The van der Waals surface area contributed by atoms with Crippen LogP contribution in [-0.4, -0.2) is 151 Å². The number of esters is 1. The van der Waals surface area contributed by atoms with Crippen molar-refractivity contribution in [3.05, 3.63) is 0 Å². The van der Waals surface area contributed by atoms with E-state index in [1.807, 2.05) is 0 Å². The van der Waals surface area contributed by atoms with Gasteiger partial charge in [-0.15, -0.1) is 0 Å². The maximum atomic E-state index is 13.1. The normalized spacial score (nSPS) is 49.4. The third-order valence-corrected chi connectivity index (χ3v) is 15.1. The first-order valence-electron chi connectivity index (χ1n) is 18.0. The summed E-state index contributed by atoms with van der Waals surface area (Å²) >= 11 is 1.81. The van der Waals surface area contributed by atoms with Crippen molar-refractivity contribution >= 4 is 29.7 Å². The van der Waals surface area contributed by atoms with Crippen LogP contribution in [0.2, 0.25) is 0 Å². The standard InChI is InChI=1S/C35H59N3O13S/c1-20(42)38-31(6)27(2,15-39)25(48-19-30(5)32(7,45)34(9)33(8,46)35(17-41,50-30)51-34)28(3,16-40)49-29(31,4)18-47-23(43)13-11-10-12-22-24-21(14-52-22)36-26(44)37-24/h21-22,24-25,39-41,45-46H,10-19H2,1-9H3,(H,38,42)(H2,36,37,44)/t21-,22?,24-,25?,27?,28?,29-,30-,31?,32?,33+,34?,35?/m0/s1. The minimum atomic E-state index is -1.90. The second kappa shape index (κ2) is 13.4. The molecule has 6 fully saturated rings. The maximum Gasteiger partial charge on any atom is 0.315 e. The zero-order valence-corrected chi connectivity index (χ0v) is 32.6. The van der Waals surface area contributed by atoms with E-state index in [9.17, 15) is 39.9 Å². The summed E-state index contributed by atoms with van der Waals surface area (Å²) in [5, 5.41) is 64.6. The Morgan fingerprint density at radius 2 is 1.56 bits per heavy atom. The number of amides is 3. The highest BCUT2D eigenvalue weighted by molar-refractivity contribution is 8.00. The molecule has 0 spiro atoms. The third-order valence-electron chi connectivity index (χ3n) is 13.5. The minimum Gasteiger partial charge on any atom is -0.463 e. The topological polar surface area (TPSA) is 235 Å². The van der Waals surface area contributed by atoms with Gasteiger partial charge in [-0.1, -0.05) is 13.3 Å². The van der Waals surface area contributed by atoms with Gasteiger partial charge in [0.25, 0.3) is 0 Å². The van der Waals surface area contributed by atoms with Crippen LogP contribution < -0.4 is 16.0 Å². The van der Waals surface area contributed by atoms with Gasteiger partial charge in [-0.2, -0.15) is 11.8 Å². The molecule has 0 aromatic carbocycles. The number of aliphatic hydroxyl groups excluding tert-OH is 3. The number of carbonyl (C=O) groups excluding carboxylic acids is 3. The van der Waals surface area contributed by atoms with Crippen LogP contribution in [-0.2, 0) is 33.3 Å². The van der Waals surface area contributed by atoms with Crippen molar-refractivity contribution in [2.75, 3.05) is 38.8 Å². The summed E-state index contributed by atoms with van der Waals surface area (Å²) < 4.78 is 31.0. The monoisotopic (exact) mass is 761 g/mol. The molecule has 6 aliphatic heterocycles. The van der Waals surface area contributed by atoms with Gasteiger partial charge < -0.3 is 65.2 Å². The van der Waals surface area contributed by atoms with E-state index in [1.165, 1.54) is 27.7 Å². The first kappa shape index (κ1) is 41.4. The number of ether oxygens (including phenoxy) is 5. The molecule has 0 aliphatic carbocycles. The number of hydrogen-bond donors (Lipinski definition) is 8. The number of nitrogens with one attached hydrogen (secondary N) is 3. The van der Waals surface area contributed by atoms with Crippen molar-refractivity contribution in [2.24, 2.45) is 5.41 Å². The lowest BCUT2D eigenvalue weighted by molar-refractivity contribution is -0.579. The van der Waals surface area contributed by atoms with Gasteiger partial charge in [0.15, 0.2) is 0 Å². The van der Waals surface area contributed by atoms with Gasteiger partial charge in [-0.3, -0.25) is 9.59 Å². The fraction of sp³-hybridized carbons (Fsp3) is 0.914. The van der Waals surface area contributed by atoms with E-state index < -0.39 is 88.1 Å². The van der Waals surface area contributed by atoms with E-state index in [4.69, 9.17) is 23.7 Å². The van der Waals surface area contributed by atoms with E-state index >= 15 is 0 Å². The summed E-state index contributed by atoms with van der Waals surface area (Å²) in [6.07, 6.45) is 1.10. The SMILES string of the molecule is CC(=O)NC1(C)C(C)(CO)C(OC[C@]2(C)OC3(CO)OC(C)(C2(C)O)[C@@]3(C)O)C(C)(CO)O[C@@]1(C)COC(=O)CCCCC1SC[C@@H]2NC(=O)N[C@H]12. The number of aliphatic hydroxyl groups is 5. The number of thioether (sulfide) groups is 1. The van der Waals surface area contributed by atoms with Gasteiger partial charge in [-0.05, 0) is 61.3 Å². The van der Waals surface area contributed by atoms with Crippen LogP contribution >= 0.6 is 11.8 Å². The molecule has 6 rings (SSSR count). The van der Waals surface area contributed by atoms with Crippen molar-refractivity contribution in [3.8, 4) is 0 Å². The molecule has 6 saturated heterocycles. The van der Waals surface area contributed by atoms with Crippen LogP contribution in [0.25, 0.3) is 0 Å². The molecule has 52 heavy (non-hydrogen) atoms. The Labute approximate surface area is 309 Å². The van der Waals surface area contributed by atoms with Crippen molar-refractivity contribution in [3.63, 3.8) is 0 Å². The van der Waals surface area contributed by atoms with Gasteiger partial charge in [-0.25, -0.2) is 4.79 Å². The minimum absolute atomic E-state index is 0.0800. The first-order valence-corrected chi connectivity index (χ1v) is 19.1. The average Bonchev–Trinajstić information content (AvgIpc) is 3.62. The summed E-state index contributed by atoms with van der Waals surface area (Å²) in [6, 6.07) is 0.0593. The number of carbonyl (C=O) groups is 3. The van der Waals surface area contributed by atoms with Crippen LogP contribution in [0.1, 0.15) is 88.0 Å². The molecule has 8 unspecified atom stereocenters. The van der Waals surface area contributed by atoms with Crippen molar-refractivity contribution in [1.82, 2.24) is 16.0 Å². The molecular weight excluding hydrogens is 702 g/mol. The molecule has 0 aromatic heterocycles. The Kier molecular flexibility index (Phi) is 10.7. The van der Waals surface area contributed by atoms with E-state index in [0.717, 1.165) is 18.6 Å². The molecule has 0 saturated carbocycles. The lowest BCUT2D eigenvalue weighted by atomic mass is 9.55. The molecule has 8 N–H and O–H groups in total. The highest BCUT2D eigenvalue weighted by atomic mass is 32.2. The third kappa shape index (κ3) is 5.79. The quantitative estimate of drug-likeness (QED) is 0.0653. The number of hydrogen-bond acceptors (Lipinski definition) is 14. The average molecular weight is 762 g/mol. The summed E-state index contributed by atoms with van der Waals surface area (Å²) in [6.45, 7) is 11.1. The lowest BCUT2D eigenvalue weighted by Crippen LogP contribution is -2.96. The Morgan fingerprint density at radius 1 is 0.885 bits per heavy atom. The van der Waals surface area contributed by atoms with Gasteiger partial charge in [0.2, 0.25) is 11.7 Å². The smallest absolute Gasteiger partial charge is 0.315 e. The molecule has 6 aliphatic rings. The zero-order chi connectivity index (χ0) is 39.0. The van der Waals surface area contributed by atoms with E-state index in [2.05, 4.69) is 16.0 Å². The Hall–Kier alpha value is -1.80. The van der Waals surface area contributed by atoms with Crippen molar-refractivity contribution < 1.29 is 63.6 Å². The number of fused-ring (bicyclic) bond motifs is 3. The van der Waals surface area contributed by atoms with Crippen LogP contribution in [0.5, 0.6) is 0 Å². The molecule has 6 heterocycles. The number of urea groups is 1. The van der Waals surface area contributed by atoms with Crippen LogP contribution in [0.3, 0.4) is 0 Å². The summed E-state index contributed by atoms with van der Waals surface area (Å²) in [5.41, 5.74) is -12.9.